The Labute approximate surface area is 192 Å². The number of hydrogen-bond acceptors (Lipinski definition) is 5. The predicted molar refractivity (Wildman–Crippen MR) is 126 cm³/mol. The van der Waals surface area contributed by atoms with E-state index in [1.54, 1.807) is 6.07 Å². The molecule has 0 saturated carbocycles. The van der Waals surface area contributed by atoms with E-state index in [0.717, 1.165) is 11.3 Å². The summed E-state index contributed by atoms with van der Waals surface area (Å²) in [5.74, 6) is 1.78. The van der Waals surface area contributed by atoms with Crippen LogP contribution in [-0.4, -0.2) is 26.4 Å². The number of nitrogens with zero attached hydrogens (tertiary/aromatic N) is 3. The monoisotopic (exact) mass is 458 g/mol. The Morgan fingerprint density at radius 1 is 1.13 bits per heavy atom. The number of nitrogens with one attached hydrogen (secondary N) is 1. The Bertz CT molecular complexity index is 1040. The van der Waals surface area contributed by atoms with E-state index in [9.17, 15) is 4.79 Å². The lowest BCUT2D eigenvalue weighted by Crippen LogP contribution is -2.16. The minimum atomic E-state index is -0.339. The maximum Gasteiger partial charge on any atom is 0.234 e. The fraction of sp³-hybridized carbons (Fsp3) is 0.348. The van der Waals surface area contributed by atoms with Crippen LogP contribution in [0.4, 0.5) is 5.69 Å². The highest BCUT2D eigenvalue weighted by molar-refractivity contribution is 7.99. The van der Waals surface area contributed by atoms with Gasteiger partial charge in [-0.3, -0.25) is 4.79 Å². The molecule has 1 aromatic heterocycles. The first-order valence-corrected chi connectivity index (χ1v) is 11.6. The van der Waals surface area contributed by atoms with E-state index in [1.165, 1.54) is 11.8 Å². The summed E-state index contributed by atoms with van der Waals surface area (Å²) in [7, 11) is 0. The molecule has 8 heteroatoms. The van der Waals surface area contributed by atoms with Gasteiger partial charge < -0.3 is 14.6 Å². The Morgan fingerprint density at radius 2 is 1.84 bits per heavy atom. The standard InChI is InChI=1S/C23H27ClN4O2S/c1-5-28-22(16(4)30-20-13-9-7-11-18(20)24)26-27-23(28)31-14-21(29)25-19-12-8-6-10-17(19)15(2)3/h6-13,15-16H,5,14H2,1-4H3,(H,25,29)/t16-/m1/s1. The van der Waals surface area contributed by atoms with Gasteiger partial charge in [0.25, 0.3) is 0 Å². The van der Waals surface area contributed by atoms with Gasteiger partial charge in [-0.1, -0.05) is 67.5 Å². The van der Waals surface area contributed by atoms with Crippen molar-refractivity contribution in [3.8, 4) is 5.75 Å². The van der Waals surface area contributed by atoms with Gasteiger partial charge in [-0.25, -0.2) is 0 Å². The molecule has 1 N–H and O–H groups in total. The summed E-state index contributed by atoms with van der Waals surface area (Å²) in [5, 5.41) is 12.8. The lowest BCUT2D eigenvalue weighted by molar-refractivity contribution is -0.113. The number of rotatable bonds is 9. The number of benzene rings is 2. The van der Waals surface area contributed by atoms with Crippen molar-refractivity contribution >= 4 is 35.0 Å². The van der Waals surface area contributed by atoms with Crippen LogP contribution in [0.15, 0.2) is 53.7 Å². The molecular formula is C23H27ClN4O2S. The van der Waals surface area contributed by atoms with Crippen LogP contribution < -0.4 is 10.1 Å². The summed E-state index contributed by atoms with van der Waals surface area (Å²) in [5.41, 5.74) is 1.97. The Hall–Kier alpha value is -2.51. The average Bonchev–Trinajstić information content (AvgIpc) is 3.17. The van der Waals surface area contributed by atoms with Crippen LogP contribution >= 0.6 is 23.4 Å². The van der Waals surface area contributed by atoms with Crippen molar-refractivity contribution in [3.05, 3.63) is 64.9 Å². The average molecular weight is 459 g/mol. The maximum absolute atomic E-state index is 12.6. The lowest BCUT2D eigenvalue weighted by atomic mass is 10.0. The largest absolute Gasteiger partial charge is 0.481 e. The van der Waals surface area contributed by atoms with E-state index in [4.69, 9.17) is 16.3 Å². The minimum absolute atomic E-state index is 0.0781. The van der Waals surface area contributed by atoms with Crippen LogP contribution in [-0.2, 0) is 11.3 Å². The van der Waals surface area contributed by atoms with Gasteiger partial charge in [0, 0.05) is 12.2 Å². The third kappa shape index (κ3) is 5.80. The molecule has 164 valence electrons. The summed E-state index contributed by atoms with van der Waals surface area (Å²) in [6, 6.07) is 15.2. The van der Waals surface area contributed by atoms with E-state index in [-0.39, 0.29) is 17.8 Å². The normalized spacial score (nSPS) is 12.1. The highest BCUT2D eigenvalue weighted by Crippen LogP contribution is 2.29. The fourth-order valence-electron chi connectivity index (χ4n) is 3.22. The van der Waals surface area contributed by atoms with E-state index in [1.807, 2.05) is 60.9 Å². The predicted octanol–water partition coefficient (Wildman–Crippen LogP) is 5.95. The van der Waals surface area contributed by atoms with Crippen molar-refractivity contribution in [1.29, 1.82) is 0 Å². The molecule has 2 aromatic carbocycles. The molecule has 1 heterocycles. The van der Waals surface area contributed by atoms with Gasteiger partial charge in [-0.15, -0.1) is 10.2 Å². The lowest BCUT2D eigenvalue weighted by Gasteiger charge is -2.16. The van der Waals surface area contributed by atoms with Crippen molar-refractivity contribution in [2.75, 3.05) is 11.1 Å². The number of amides is 1. The zero-order valence-electron chi connectivity index (χ0n) is 18.1. The molecule has 1 amide bonds. The first-order valence-electron chi connectivity index (χ1n) is 10.3. The Kier molecular flexibility index (Phi) is 7.98. The van der Waals surface area contributed by atoms with Gasteiger partial charge in [-0.05, 0) is 43.5 Å². The molecule has 0 aliphatic rings. The molecule has 0 radical (unpaired) electrons. The molecule has 0 aliphatic heterocycles. The third-order valence-electron chi connectivity index (χ3n) is 4.75. The summed E-state index contributed by atoms with van der Waals surface area (Å²) in [6.45, 7) is 8.80. The van der Waals surface area contributed by atoms with Gasteiger partial charge in [0.05, 0.1) is 10.8 Å². The number of halogens is 1. The molecule has 6 nitrogen and oxygen atoms in total. The molecule has 0 saturated heterocycles. The van der Waals surface area contributed by atoms with E-state index in [0.29, 0.717) is 34.2 Å². The summed E-state index contributed by atoms with van der Waals surface area (Å²) >= 11 is 7.56. The van der Waals surface area contributed by atoms with Gasteiger partial charge in [0.2, 0.25) is 5.91 Å². The number of ether oxygens (including phenoxy) is 1. The third-order valence-corrected chi connectivity index (χ3v) is 6.03. The SMILES string of the molecule is CCn1c(SCC(=O)Nc2ccccc2C(C)C)nnc1[C@@H](C)Oc1ccccc1Cl. The molecule has 0 bridgehead atoms. The maximum atomic E-state index is 12.6. The van der Waals surface area contributed by atoms with Gasteiger partial charge in [0.15, 0.2) is 17.1 Å². The van der Waals surface area contributed by atoms with Crippen LogP contribution in [0.5, 0.6) is 5.75 Å². The number of aromatic nitrogens is 3. The number of carbonyl (C=O) groups is 1. The molecule has 3 rings (SSSR count). The zero-order valence-corrected chi connectivity index (χ0v) is 19.7. The first kappa shape index (κ1) is 23.2. The summed E-state index contributed by atoms with van der Waals surface area (Å²) in [6.07, 6.45) is -0.339. The number of para-hydroxylation sites is 2. The molecule has 0 fully saturated rings. The topological polar surface area (TPSA) is 69.0 Å². The van der Waals surface area contributed by atoms with Crippen molar-refractivity contribution in [3.63, 3.8) is 0 Å². The Morgan fingerprint density at radius 3 is 2.55 bits per heavy atom. The zero-order chi connectivity index (χ0) is 22.4. The highest BCUT2D eigenvalue weighted by Gasteiger charge is 2.20. The fourth-order valence-corrected chi connectivity index (χ4v) is 4.21. The van der Waals surface area contributed by atoms with Gasteiger partial charge >= 0.3 is 0 Å². The van der Waals surface area contributed by atoms with Gasteiger partial charge in [0.1, 0.15) is 5.75 Å². The van der Waals surface area contributed by atoms with E-state index in [2.05, 4.69) is 29.4 Å². The number of carbonyl (C=O) groups excluding carboxylic acids is 1. The first-order chi connectivity index (χ1) is 14.9. The van der Waals surface area contributed by atoms with Crippen LogP contribution in [0.1, 0.15) is 51.1 Å². The number of hydrogen-bond donors (Lipinski definition) is 1. The second-order valence-corrected chi connectivity index (χ2v) is 8.70. The molecule has 3 aromatic rings. The van der Waals surface area contributed by atoms with Crippen LogP contribution in [0.25, 0.3) is 0 Å². The minimum Gasteiger partial charge on any atom is -0.481 e. The second kappa shape index (κ2) is 10.7. The molecule has 0 spiro atoms. The highest BCUT2D eigenvalue weighted by atomic mass is 35.5. The van der Waals surface area contributed by atoms with Crippen LogP contribution in [0, 0.1) is 0 Å². The van der Waals surface area contributed by atoms with Crippen LogP contribution in [0.2, 0.25) is 5.02 Å². The number of anilines is 1. The van der Waals surface area contributed by atoms with Crippen molar-refractivity contribution < 1.29 is 9.53 Å². The summed E-state index contributed by atoms with van der Waals surface area (Å²) < 4.78 is 7.94. The Balaban J connectivity index is 1.66. The van der Waals surface area contributed by atoms with E-state index < -0.39 is 0 Å². The van der Waals surface area contributed by atoms with Crippen molar-refractivity contribution in [1.82, 2.24) is 14.8 Å². The van der Waals surface area contributed by atoms with Gasteiger partial charge in [-0.2, -0.15) is 0 Å². The number of thioether (sulfide) groups is 1. The molecule has 31 heavy (non-hydrogen) atoms. The molecule has 1 atom stereocenters. The molecular weight excluding hydrogens is 432 g/mol. The van der Waals surface area contributed by atoms with Crippen molar-refractivity contribution in [2.24, 2.45) is 0 Å². The molecule has 0 unspecified atom stereocenters. The smallest absolute Gasteiger partial charge is 0.234 e. The summed E-state index contributed by atoms with van der Waals surface area (Å²) in [4.78, 5) is 12.6. The quantitative estimate of drug-likeness (QED) is 0.401. The molecule has 0 aliphatic carbocycles. The van der Waals surface area contributed by atoms with Crippen molar-refractivity contribution in [2.45, 2.75) is 51.4 Å². The second-order valence-electron chi connectivity index (χ2n) is 7.35. The van der Waals surface area contributed by atoms with E-state index >= 15 is 0 Å². The van der Waals surface area contributed by atoms with Crippen LogP contribution in [0.3, 0.4) is 0 Å².